The summed E-state index contributed by atoms with van der Waals surface area (Å²) in [6, 6.07) is 7.74. The molecule has 1 amide bonds. The van der Waals surface area contributed by atoms with Crippen molar-refractivity contribution >= 4 is 27.5 Å². The van der Waals surface area contributed by atoms with Crippen molar-refractivity contribution < 1.29 is 30.8 Å². The third-order valence-corrected chi connectivity index (χ3v) is 7.82. The molecule has 4 rings (SSSR count). The number of halogens is 5. The van der Waals surface area contributed by atoms with Crippen LogP contribution in [0.3, 0.4) is 0 Å². The number of nitrogens with one attached hydrogen (secondary N) is 1. The fourth-order valence-electron chi connectivity index (χ4n) is 3.77. The summed E-state index contributed by atoms with van der Waals surface area (Å²) in [5, 5.41) is 6.74. The molecular weight excluding hydrogens is 512 g/mol. The van der Waals surface area contributed by atoms with Gasteiger partial charge in [-0.15, -0.1) is 0 Å². The minimum Gasteiger partial charge on any atom is -0.350 e. The molecule has 1 fully saturated rings. The van der Waals surface area contributed by atoms with Gasteiger partial charge in [0.1, 0.15) is 11.9 Å². The molecule has 3 aromatic rings. The SMILES string of the molecule is O=C(NCc1cn(-c2ccc(C(F)(F)F)cc2)nc1Cl)[C@@H]1CCCN1S(=O)(=O)c1ccc(F)cc1. The molecule has 1 aromatic heterocycles. The molecule has 1 atom stereocenters. The first-order chi connectivity index (χ1) is 16.5. The van der Waals surface area contributed by atoms with Crippen molar-refractivity contribution in [1.82, 2.24) is 19.4 Å². The van der Waals surface area contributed by atoms with E-state index in [2.05, 4.69) is 10.4 Å². The van der Waals surface area contributed by atoms with Crippen molar-refractivity contribution in [3.63, 3.8) is 0 Å². The van der Waals surface area contributed by atoms with Crippen LogP contribution in [0, 0.1) is 5.82 Å². The Morgan fingerprint density at radius 3 is 2.40 bits per heavy atom. The Kier molecular flexibility index (Phi) is 6.89. The number of aromatic nitrogens is 2. The second-order valence-electron chi connectivity index (χ2n) is 7.88. The van der Waals surface area contributed by atoms with Gasteiger partial charge in [0, 0.05) is 24.8 Å². The largest absolute Gasteiger partial charge is 0.416 e. The van der Waals surface area contributed by atoms with Gasteiger partial charge in [-0.3, -0.25) is 4.79 Å². The monoisotopic (exact) mass is 530 g/mol. The van der Waals surface area contributed by atoms with Crippen LogP contribution >= 0.6 is 11.6 Å². The Morgan fingerprint density at radius 1 is 1.11 bits per heavy atom. The summed E-state index contributed by atoms with van der Waals surface area (Å²) in [4.78, 5) is 12.7. The van der Waals surface area contributed by atoms with E-state index >= 15 is 0 Å². The van der Waals surface area contributed by atoms with Crippen LogP contribution in [0.25, 0.3) is 5.69 Å². The molecule has 7 nitrogen and oxygen atoms in total. The Balaban J connectivity index is 1.45. The van der Waals surface area contributed by atoms with Gasteiger partial charge < -0.3 is 5.32 Å². The summed E-state index contributed by atoms with van der Waals surface area (Å²) in [7, 11) is -4.00. The van der Waals surface area contributed by atoms with Crippen molar-refractivity contribution in [1.29, 1.82) is 0 Å². The summed E-state index contributed by atoms with van der Waals surface area (Å²) in [5.41, 5.74) is -0.0700. The van der Waals surface area contributed by atoms with E-state index in [1.54, 1.807) is 0 Å². The number of sulfonamides is 1. The second-order valence-corrected chi connectivity index (χ2v) is 10.1. The molecule has 0 bridgehead atoms. The molecule has 35 heavy (non-hydrogen) atoms. The van der Waals surface area contributed by atoms with Gasteiger partial charge in [0.2, 0.25) is 15.9 Å². The van der Waals surface area contributed by atoms with Gasteiger partial charge in [-0.25, -0.2) is 17.5 Å². The average molecular weight is 531 g/mol. The standard InChI is InChI=1S/C22H19ClF4N4O3S/c23-20-14(13-30(29-20)17-7-3-15(4-8-17)22(25,26)27)12-28-21(32)19-2-1-11-31(19)35(33,34)18-9-5-16(24)6-10-18/h3-10,13,19H,1-2,11-12H2,(H,28,32)/t19-/m0/s1. The minimum atomic E-state index is -4.46. The highest BCUT2D eigenvalue weighted by atomic mass is 35.5. The fraction of sp³-hybridized carbons (Fsp3) is 0.273. The molecule has 186 valence electrons. The highest BCUT2D eigenvalue weighted by Gasteiger charge is 2.39. The van der Waals surface area contributed by atoms with Crippen molar-refractivity contribution in [3.05, 3.63) is 76.8 Å². The van der Waals surface area contributed by atoms with E-state index in [1.165, 1.54) is 23.0 Å². The van der Waals surface area contributed by atoms with Crippen LogP contribution in [0.2, 0.25) is 5.15 Å². The molecule has 0 spiro atoms. The summed E-state index contributed by atoms with van der Waals surface area (Å²) < 4.78 is 79.8. The average Bonchev–Trinajstić information content (AvgIpc) is 3.45. The number of carbonyl (C=O) groups excluding carboxylic acids is 1. The van der Waals surface area contributed by atoms with Gasteiger partial charge in [-0.05, 0) is 61.4 Å². The highest BCUT2D eigenvalue weighted by Crippen LogP contribution is 2.30. The van der Waals surface area contributed by atoms with E-state index < -0.39 is 39.5 Å². The third kappa shape index (κ3) is 5.34. The van der Waals surface area contributed by atoms with E-state index in [0.29, 0.717) is 24.1 Å². The molecule has 0 radical (unpaired) electrons. The molecule has 0 unspecified atom stereocenters. The predicted octanol–water partition coefficient (Wildman–Crippen LogP) is 4.15. The Morgan fingerprint density at radius 2 is 1.77 bits per heavy atom. The van der Waals surface area contributed by atoms with Crippen molar-refractivity contribution in [2.45, 2.75) is 36.5 Å². The van der Waals surface area contributed by atoms with Gasteiger partial charge in [0.15, 0.2) is 5.15 Å². The Hall–Kier alpha value is -2.96. The van der Waals surface area contributed by atoms with E-state index in [1.807, 2.05) is 0 Å². The lowest BCUT2D eigenvalue weighted by atomic mass is 10.2. The van der Waals surface area contributed by atoms with E-state index in [0.717, 1.165) is 40.7 Å². The van der Waals surface area contributed by atoms with E-state index in [9.17, 15) is 30.8 Å². The lowest BCUT2D eigenvalue weighted by Crippen LogP contribution is -2.45. The van der Waals surface area contributed by atoms with E-state index in [4.69, 9.17) is 11.6 Å². The zero-order chi connectivity index (χ0) is 25.4. The summed E-state index contributed by atoms with van der Waals surface area (Å²) >= 11 is 6.14. The number of nitrogens with zero attached hydrogens (tertiary/aromatic N) is 3. The van der Waals surface area contributed by atoms with Crippen LogP contribution in [0.15, 0.2) is 59.6 Å². The Bertz CT molecular complexity index is 1330. The second kappa shape index (κ2) is 9.59. The molecular formula is C22H19ClF4N4O3S. The summed E-state index contributed by atoms with van der Waals surface area (Å²) in [5.74, 6) is -1.11. The van der Waals surface area contributed by atoms with E-state index in [-0.39, 0.29) is 23.1 Å². The van der Waals surface area contributed by atoms with Gasteiger partial charge in [-0.1, -0.05) is 11.6 Å². The molecule has 0 aliphatic carbocycles. The minimum absolute atomic E-state index is 0.0346. The zero-order valence-corrected chi connectivity index (χ0v) is 19.5. The van der Waals surface area contributed by atoms with Crippen LogP contribution in [0.5, 0.6) is 0 Å². The smallest absolute Gasteiger partial charge is 0.350 e. The maximum Gasteiger partial charge on any atom is 0.416 e. The molecule has 13 heteroatoms. The summed E-state index contributed by atoms with van der Waals surface area (Å²) in [6.07, 6.45) is -2.21. The molecule has 0 saturated carbocycles. The molecule has 2 aromatic carbocycles. The number of alkyl halides is 3. The summed E-state index contributed by atoms with van der Waals surface area (Å²) in [6.45, 7) is 0.0731. The lowest BCUT2D eigenvalue weighted by molar-refractivity contribution is -0.137. The van der Waals surface area contributed by atoms with Gasteiger partial charge >= 0.3 is 6.18 Å². The molecule has 1 aliphatic heterocycles. The number of hydrogen-bond acceptors (Lipinski definition) is 4. The maximum atomic E-state index is 13.2. The first-order valence-corrected chi connectivity index (χ1v) is 12.3. The quantitative estimate of drug-likeness (QED) is 0.485. The number of hydrogen-bond donors (Lipinski definition) is 1. The first kappa shape index (κ1) is 25.1. The van der Waals surface area contributed by atoms with Gasteiger partial charge in [0.25, 0.3) is 0 Å². The van der Waals surface area contributed by atoms with Gasteiger partial charge in [0.05, 0.1) is 16.1 Å². The predicted molar refractivity (Wildman–Crippen MR) is 119 cm³/mol. The zero-order valence-electron chi connectivity index (χ0n) is 18.0. The number of rotatable bonds is 6. The van der Waals surface area contributed by atoms with Crippen LogP contribution in [0.1, 0.15) is 24.0 Å². The van der Waals surface area contributed by atoms with Crippen LogP contribution in [0.4, 0.5) is 17.6 Å². The van der Waals surface area contributed by atoms with Crippen molar-refractivity contribution in [3.8, 4) is 5.69 Å². The normalized spacial score (nSPS) is 17.0. The highest BCUT2D eigenvalue weighted by molar-refractivity contribution is 7.89. The van der Waals surface area contributed by atoms with Crippen LogP contribution < -0.4 is 5.32 Å². The molecule has 1 aliphatic rings. The fourth-order valence-corrected chi connectivity index (χ4v) is 5.63. The Labute approximate surface area is 203 Å². The van der Waals surface area contributed by atoms with Crippen LogP contribution in [-0.4, -0.2) is 41.0 Å². The molecule has 2 heterocycles. The van der Waals surface area contributed by atoms with Gasteiger partial charge in [-0.2, -0.15) is 22.6 Å². The topological polar surface area (TPSA) is 84.3 Å². The number of benzene rings is 2. The molecule has 1 N–H and O–H groups in total. The van der Waals surface area contributed by atoms with Crippen LogP contribution in [-0.2, 0) is 27.5 Å². The molecule has 1 saturated heterocycles. The third-order valence-electron chi connectivity index (χ3n) is 5.58. The number of carbonyl (C=O) groups is 1. The lowest BCUT2D eigenvalue weighted by Gasteiger charge is -2.23. The first-order valence-electron chi connectivity index (χ1n) is 10.4. The van der Waals surface area contributed by atoms with Crippen molar-refractivity contribution in [2.75, 3.05) is 6.54 Å². The maximum absolute atomic E-state index is 13.2. The van der Waals surface area contributed by atoms with Crippen molar-refractivity contribution in [2.24, 2.45) is 0 Å². The number of amides is 1.